The summed E-state index contributed by atoms with van der Waals surface area (Å²) in [6.45, 7) is 9.03. The number of phenols is 1. The summed E-state index contributed by atoms with van der Waals surface area (Å²) in [5.74, 6) is 3.81. The maximum absolute atomic E-state index is 11.4. The largest absolute Gasteiger partial charge is 0.507 e. The minimum atomic E-state index is -0.265. The molecule has 3 heteroatoms. The highest BCUT2D eigenvalue weighted by molar-refractivity contribution is 8.01. The van der Waals surface area contributed by atoms with Crippen LogP contribution in [0.1, 0.15) is 77.3 Å². The average Bonchev–Trinajstić information content (AvgIpc) is 3.49. The molecule has 0 amide bonds. The molecule has 1 aliphatic heterocycles. The molecule has 1 heterocycles. The minimum Gasteiger partial charge on any atom is -0.507 e. The zero-order valence-corrected chi connectivity index (χ0v) is 22.2. The standard InChI is InChI=1S/C32H36O2S/c1-18(2)32(19(3)4)34-28-13-24-23(14-29(28)35-32)27(33)15-26-30(24)22-11-7-8-12-25(22)31(26)16-20-9-5-6-10-21(20)17-31/h7-8,11-15,18-21,33H,5-6,9-10,16-17H2,1-4H3. The summed E-state index contributed by atoms with van der Waals surface area (Å²) >= 11 is 1.84. The quantitative estimate of drug-likeness (QED) is 0.394. The smallest absolute Gasteiger partial charge is 0.163 e. The number of benzene rings is 3. The molecule has 2 unspecified atom stereocenters. The van der Waals surface area contributed by atoms with Gasteiger partial charge in [-0.25, -0.2) is 0 Å². The van der Waals surface area contributed by atoms with E-state index in [1.165, 1.54) is 60.8 Å². The Morgan fingerprint density at radius 3 is 2.26 bits per heavy atom. The van der Waals surface area contributed by atoms with Crippen LogP contribution in [0, 0.1) is 23.7 Å². The summed E-state index contributed by atoms with van der Waals surface area (Å²) in [7, 11) is 0. The Bertz CT molecular complexity index is 1330. The van der Waals surface area contributed by atoms with Gasteiger partial charge in [0.2, 0.25) is 0 Å². The van der Waals surface area contributed by atoms with E-state index in [9.17, 15) is 5.11 Å². The monoisotopic (exact) mass is 484 g/mol. The molecule has 0 aromatic heterocycles. The predicted molar refractivity (Wildman–Crippen MR) is 145 cm³/mol. The first-order valence-electron chi connectivity index (χ1n) is 13.7. The van der Waals surface area contributed by atoms with E-state index in [1.54, 1.807) is 0 Å². The lowest BCUT2D eigenvalue weighted by molar-refractivity contribution is 0.0757. The molecule has 3 aromatic carbocycles. The SMILES string of the molecule is CC(C)C1(C(C)C)Oc2cc3c4c(cc(O)c3cc2S1)C1(CC2CCCCC2C1)c1ccccc1-4. The number of hydrogen-bond acceptors (Lipinski definition) is 3. The third-order valence-corrected chi connectivity index (χ3v) is 11.7. The number of aromatic hydroxyl groups is 1. The van der Waals surface area contributed by atoms with Gasteiger partial charge in [-0.15, -0.1) is 0 Å². The van der Waals surface area contributed by atoms with E-state index in [4.69, 9.17) is 4.74 Å². The zero-order valence-electron chi connectivity index (χ0n) is 21.4. The molecule has 1 N–H and O–H groups in total. The lowest BCUT2D eigenvalue weighted by Gasteiger charge is -2.35. The first-order valence-corrected chi connectivity index (χ1v) is 14.5. The average molecular weight is 485 g/mol. The van der Waals surface area contributed by atoms with Gasteiger partial charge < -0.3 is 9.84 Å². The normalized spacial score (nSPS) is 27.8. The Hall–Kier alpha value is -2.13. The highest BCUT2D eigenvalue weighted by Gasteiger charge is 2.53. The molecule has 7 rings (SSSR count). The molecule has 182 valence electrons. The van der Waals surface area contributed by atoms with Crippen LogP contribution in [-0.2, 0) is 5.41 Å². The number of rotatable bonds is 2. The molecule has 2 fully saturated rings. The van der Waals surface area contributed by atoms with Gasteiger partial charge in [0, 0.05) is 22.6 Å². The van der Waals surface area contributed by atoms with Crippen LogP contribution in [0.2, 0.25) is 0 Å². The summed E-state index contributed by atoms with van der Waals surface area (Å²) in [4.78, 5) is 0.890. The van der Waals surface area contributed by atoms with Crippen LogP contribution in [-0.4, -0.2) is 10.0 Å². The summed E-state index contributed by atoms with van der Waals surface area (Å²) in [5, 5.41) is 13.6. The second-order valence-corrected chi connectivity index (χ2v) is 13.5. The molecule has 2 saturated carbocycles. The molecule has 35 heavy (non-hydrogen) atoms. The summed E-state index contributed by atoms with van der Waals surface area (Å²) in [6.07, 6.45) is 7.96. The van der Waals surface area contributed by atoms with Crippen LogP contribution in [0.25, 0.3) is 21.9 Å². The summed E-state index contributed by atoms with van der Waals surface area (Å²) in [5.41, 5.74) is 5.62. The molecular formula is C32H36O2S. The Morgan fingerprint density at radius 1 is 0.886 bits per heavy atom. The Balaban J connectivity index is 1.46. The maximum Gasteiger partial charge on any atom is 0.163 e. The Kier molecular flexibility index (Phi) is 4.70. The molecular weight excluding hydrogens is 448 g/mol. The van der Waals surface area contributed by atoms with Crippen LogP contribution in [0.5, 0.6) is 11.5 Å². The van der Waals surface area contributed by atoms with Crippen molar-refractivity contribution in [2.24, 2.45) is 23.7 Å². The highest BCUT2D eigenvalue weighted by atomic mass is 32.2. The number of fused-ring (bicyclic) bond motifs is 9. The lowest BCUT2D eigenvalue weighted by atomic mass is 9.75. The maximum atomic E-state index is 11.4. The van der Waals surface area contributed by atoms with Crippen molar-refractivity contribution in [3.05, 3.63) is 53.6 Å². The zero-order chi connectivity index (χ0) is 24.1. The molecule has 0 saturated heterocycles. The molecule has 2 nitrogen and oxygen atoms in total. The van der Waals surface area contributed by atoms with Gasteiger partial charge in [-0.2, -0.15) is 0 Å². The van der Waals surface area contributed by atoms with Gasteiger partial charge in [0.05, 0.1) is 4.90 Å². The van der Waals surface area contributed by atoms with Gasteiger partial charge in [-0.3, -0.25) is 0 Å². The van der Waals surface area contributed by atoms with Crippen molar-refractivity contribution in [2.45, 2.75) is 81.5 Å². The van der Waals surface area contributed by atoms with Crippen molar-refractivity contribution in [1.82, 2.24) is 0 Å². The van der Waals surface area contributed by atoms with Gasteiger partial charge in [0.1, 0.15) is 11.5 Å². The number of phenolic OH excluding ortho intramolecular Hbond substituents is 1. The van der Waals surface area contributed by atoms with Gasteiger partial charge in [0.25, 0.3) is 0 Å². The molecule has 0 radical (unpaired) electrons. The van der Waals surface area contributed by atoms with Crippen molar-refractivity contribution in [2.75, 3.05) is 0 Å². The van der Waals surface area contributed by atoms with Crippen molar-refractivity contribution < 1.29 is 9.84 Å². The third-order valence-electron chi connectivity index (χ3n) is 9.84. The Labute approximate surface area is 213 Å². The summed E-state index contributed by atoms with van der Waals surface area (Å²) < 4.78 is 6.79. The summed E-state index contributed by atoms with van der Waals surface area (Å²) in [6, 6.07) is 15.7. The van der Waals surface area contributed by atoms with E-state index in [1.807, 2.05) is 11.8 Å². The van der Waals surface area contributed by atoms with E-state index in [-0.39, 0.29) is 10.3 Å². The number of hydrogen-bond donors (Lipinski definition) is 1. The van der Waals surface area contributed by atoms with Crippen LogP contribution >= 0.6 is 11.8 Å². The molecule has 4 aliphatic rings. The molecule has 3 aromatic rings. The first kappa shape index (κ1) is 22.1. The van der Waals surface area contributed by atoms with Crippen molar-refractivity contribution in [1.29, 1.82) is 0 Å². The van der Waals surface area contributed by atoms with Crippen LogP contribution < -0.4 is 4.74 Å². The topological polar surface area (TPSA) is 29.5 Å². The fourth-order valence-electron chi connectivity index (χ4n) is 8.24. The van der Waals surface area contributed by atoms with Crippen molar-refractivity contribution >= 4 is 22.5 Å². The van der Waals surface area contributed by atoms with Gasteiger partial charge in [0.15, 0.2) is 4.93 Å². The lowest BCUT2D eigenvalue weighted by Crippen LogP contribution is -2.40. The van der Waals surface area contributed by atoms with E-state index in [2.05, 4.69) is 70.2 Å². The first-order chi connectivity index (χ1) is 16.8. The highest BCUT2D eigenvalue weighted by Crippen LogP contribution is 2.65. The molecule has 0 bridgehead atoms. The fraction of sp³-hybridized carbons (Fsp3) is 0.500. The second-order valence-electron chi connectivity index (χ2n) is 12.2. The fourth-order valence-corrected chi connectivity index (χ4v) is 9.57. The van der Waals surface area contributed by atoms with Gasteiger partial charge >= 0.3 is 0 Å². The number of thioether (sulfide) groups is 1. The van der Waals surface area contributed by atoms with Gasteiger partial charge in [-0.05, 0) is 70.5 Å². The van der Waals surface area contributed by atoms with Crippen LogP contribution in [0.3, 0.4) is 0 Å². The molecule has 3 aliphatic carbocycles. The third kappa shape index (κ3) is 2.85. The van der Waals surface area contributed by atoms with E-state index in [0.717, 1.165) is 33.3 Å². The van der Waals surface area contributed by atoms with Gasteiger partial charge in [-0.1, -0.05) is 89.4 Å². The molecule has 2 atom stereocenters. The molecule has 1 spiro atoms. The second kappa shape index (κ2) is 7.44. The van der Waals surface area contributed by atoms with Crippen LogP contribution in [0.4, 0.5) is 0 Å². The van der Waals surface area contributed by atoms with E-state index >= 15 is 0 Å². The van der Waals surface area contributed by atoms with Crippen molar-refractivity contribution in [3.8, 4) is 22.6 Å². The van der Waals surface area contributed by atoms with Crippen molar-refractivity contribution in [3.63, 3.8) is 0 Å². The van der Waals surface area contributed by atoms with E-state index in [0.29, 0.717) is 17.6 Å². The predicted octanol–water partition coefficient (Wildman–Crippen LogP) is 8.90. The van der Waals surface area contributed by atoms with Crippen LogP contribution in [0.15, 0.2) is 47.4 Å². The number of ether oxygens (including phenoxy) is 1. The minimum absolute atomic E-state index is 0.0471. The van der Waals surface area contributed by atoms with E-state index < -0.39 is 0 Å². The Morgan fingerprint density at radius 2 is 1.57 bits per heavy atom.